The Morgan fingerprint density at radius 1 is 0.729 bits per heavy atom. The molecule has 5 rings (SSSR count). The van der Waals surface area contributed by atoms with Gasteiger partial charge in [-0.3, -0.25) is 14.4 Å². The molecule has 48 heavy (non-hydrogen) atoms. The zero-order valence-electron chi connectivity index (χ0n) is 26.5. The summed E-state index contributed by atoms with van der Waals surface area (Å²) in [7, 11) is 1.59. The highest BCUT2D eigenvalue weighted by molar-refractivity contribution is 8.00. The van der Waals surface area contributed by atoms with E-state index in [1.807, 2.05) is 73.7 Å². The summed E-state index contributed by atoms with van der Waals surface area (Å²) in [6.07, 6.45) is 1.61. The Kier molecular flexibility index (Phi) is 11.7. The highest BCUT2D eigenvalue weighted by Crippen LogP contribution is 2.27. The lowest BCUT2D eigenvalue weighted by atomic mass is 10.1. The van der Waals surface area contributed by atoms with Crippen LogP contribution in [0.15, 0.2) is 144 Å². The maximum Gasteiger partial charge on any atom is 0.272 e. The first-order chi connectivity index (χ1) is 23.4. The molecule has 0 saturated carbocycles. The minimum absolute atomic E-state index is 0.0621. The number of nitrogens with one attached hydrogen (secondary N) is 3. The monoisotopic (exact) mass is 657 g/mol. The lowest BCUT2D eigenvalue weighted by molar-refractivity contribution is -0.115. The van der Waals surface area contributed by atoms with Crippen molar-refractivity contribution >= 4 is 46.9 Å². The van der Waals surface area contributed by atoms with Crippen molar-refractivity contribution in [3.63, 3.8) is 0 Å². The summed E-state index contributed by atoms with van der Waals surface area (Å²) < 4.78 is 11.1. The van der Waals surface area contributed by atoms with Gasteiger partial charge >= 0.3 is 0 Å². The SMILES string of the molecule is COc1ccc(NC(=O)C(C)Sc2cccc(NC(=O)/C(=C/c3ccc(OCc4ccccc4)cc3)NC(=O)c3ccccc3)c2)cc1. The molecule has 0 aliphatic carbocycles. The van der Waals surface area contributed by atoms with Crippen LogP contribution >= 0.6 is 11.8 Å². The molecule has 0 spiro atoms. The largest absolute Gasteiger partial charge is 0.497 e. The second-order valence-corrected chi connectivity index (χ2v) is 12.1. The summed E-state index contributed by atoms with van der Waals surface area (Å²) in [6, 6.07) is 40.1. The molecule has 0 aliphatic heterocycles. The fourth-order valence-corrected chi connectivity index (χ4v) is 5.46. The molecule has 9 heteroatoms. The minimum Gasteiger partial charge on any atom is -0.497 e. The molecule has 0 aromatic heterocycles. The maximum atomic E-state index is 13.6. The molecule has 0 heterocycles. The van der Waals surface area contributed by atoms with Gasteiger partial charge in [-0.05, 0) is 90.9 Å². The first kappa shape index (κ1) is 33.6. The third-order valence-corrected chi connectivity index (χ3v) is 8.19. The van der Waals surface area contributed by atoms with E-state index in [1.165, 1.54) is 11.8 Å². The molecule has 0 fully saturated rings. The van der Waals surface area contributed by atoms with Gasteiger partial charge in [0.15, 0.2) is 0 Å². The Morgan fingerprint density at radius 3 is 2.08 bits per heavy atom. The third kappa shape index (κ3) is 9.85. The second-order valence-electron chi connectivity index (χ2n) is 10.7. The van der Waals surface area contributed by atoms with Crippen LogP contribution in [0.1, 0.15) is 28.4 Å². The van der Waals surface area contributed by atoms with Gasteiger partial charge in [-0.15, -0.1) is 11.8 Å². The van der Waals surface area contributed by atoms with E-state index < -0.39 is 17.1 Å². The van der Waals surface area contributed by atoms with Gasteiger partial charge in [-0.2, -0.15) is 0 Å². The Balaban J connectivity index is 1.27. The van der Waals surface area contributed by atoms with Crippen LogP contribution in [0.2, 0.25) is 0 Å². The molecule has 5 aromatic carbocycles. The maximum absolute atomic E-state index is 13.6. The topological polar surface area (TPSA) is 106 Å². The van der Waals surface area contributed by atoms with Gasteiger partial charge in [0.1, 0.15) is 23.8 Å². The van der Waals surface area contributed by atoms with Crippen LogP contribution in [-0.2, 0) is 16.2 Å². The van der Waals surface area contributed by atoms with Gasteiger partial charge in [-0.25, -0.2) is 0 Å². The molecule has 1 unspecified atom stereocenters. The number of anilines is 2. The van der Waals surface area contributed by atoms with Crippen molar-refractivity contribution in [3.05, 3.63) is 156 Å². The van der Waals surface area contributed by atoms with E-state index >= 15 is 0 Å². The highest BCUT2D eigenvalue weighted by atomic mass is 32.2. The van der Waals surface area contributed by atoms with E-state index in [1.54, 1.807) is 79.9 Å². The predicted molar refractivity (Wildman–Crippen MR) is 191 cm³/mol. The molecule has 0 saturated heterocycles. The number of methoxy groups -OCH3 is 1. The molecular weight excluding hydrogens is 623 g/mol. The van der Waals surface area contributed by atoms with E-state index in [-0.39, 0.29) is 11.6 Å². The van der Waals surface area contributed by atoms with Gasteiger partial charge in [-0.1, -0.05) is 66.7 Å². The van der Waals surface area contributed by atoms with Crippen molar-refractivity contribution in [1.29, 1.82) is 0 Å². The molecular formula is C39H35N3O5S. The average molecular weight is 658 g/mol. The van der Waals surface area contributed by atoms with E-state index in [0.717, 1.165) is 10.5 Å². The standard InChI is InChI=1S/C39H35N3O5S/c1-27(37(43)40-31-18-22-33(46-2)23-19-31)48-35-15-9-14-32(25-35)41-39(45)36(42-38(44)30-12-7-4-8-13-30)24-28-16-20-34(21-17-28)47-26-29-10-5-3-6-11-29/h3-25,27H,26H2,1-2H3,(H,40,43)(H,41,45)(H,42,44)/b36-24-. The van der Waals surface area contributed by atoms with Crippen LogP contribution in [0.25, 0.3) is 6.08 Å². The molecule has 3 amide bonds. The summed E-state index contributed by atoms with van der Waals surface area (Å²) in [5, 5.41) is 8.15. The van der Waals surface area contributed by atoms with Crippen LogP contribution < -0.4 is 25.4 Å². The van der Waals surface area contributed by atoms with E-state index in [2.05, 4.69) is 16.0 Å². The van der Waals surface area contributed by atoms with Crippen molar-refractivity contribution < 1.29 is 23.9 Å². The number of hydrogen-bond acceptors (Lipinski definition) is 6. The van der Waals surface area contributed by atoms with Crippen LogP contribution in [0, 0.1) is 0 Å². The average Bonchev–Trinajstić information content (AvgIpc) is 3.12. The lowest BCUT2D eigenvalue weighted by Crippen LogP contribution is -2.30. The molecule has 0 radical (unpaired) electrons. The summed E-state index contributed by atoms with van der Waals surface area (Å²) in [6.45, 7) is 2.24. The zero-order chi connectivity index (χ0) is 33.7. The first-order valence-electron chi connectivity index (χ1n) is 15.2. The van der Waals surface area contributed by atoms with Crippen molar-refractivity contribution in [1.82, 2.24) is 5.32 Å². The van der Waals surface area contributed by atoms with Gasteiger partial charge < -0.3 is 25.4 Å². The molecule has 0 bridgehead atoms. The number of amides is 3. The normalized spacial score (nSPS) is 11.6. The third-order valence-electron chi connectivity index (χ3n) is 7.10. The number of benzene rings is 5. The quantitative estimate of drug-likeness (QED) is 0.0882. The number of thioether (sulfide) groups is 1. The molecule has 1 atom stereocenters. The van der Waals surface area contributed by atoms with E-state index in [0.29, 0.717) is 40.6 Å². The fraction of sp³-hybridized carbons (Fsp3) is 0.103. The van der Waals surface area contributed by atoms with Crippen LogP contribution in [0.5, 0.6) is 11.5 Å². The molecule has 5 aromatic rings. The summed E-state index contributed by atoms with van der Waals surface area (Å²) in [4.78, 5) is 40.3. The summed E-state index contributed by atoms with van der Waals surface area (Å²) >= 11 is 1.36. The number of carbonyl (C=O) groups excluding carboxylic acids is 3. The van der Waals surface area contributed by atoms with Crippen molar-refractivity contribution in [2.45, 2.75) is 23.7 Å². The second kappa shape index (κ2) is 16.7. The minimum atomic E-state index is -0.504. The van der Waals surface area contributed by atoms with Gasteiger partial charge in [0.05, 0.1) is 12.4 Å². The predicted octanol–water partition coefficient (Wildman–Crippen LogP) is 7.80. The Bertz CT molecular complexity index is 1860. The fourth-order valence-electron chi connectivity index (χ4n) is 4.53. The number of ether oxygens (including phenoxy) is 2. The number of carbonyl (C=O) groups is 3. The molecule has 3 N–H and O–H groups in total. The Hall–Kier alpha value is -5.80. The van der Waals surface area contributed by atoms with Crippen molar-refractivity contribution in [2.24, 2.45) is 0 Å². The van der Waals surface area contributed by atoms with E-state index in [4.69, 9.17) is 9.47 Å². The molecule has 8 nitrogen and oxygen atoms in total. The van der Waals surface area contributed by atoms with Crippen LogP contribution in [-0.4, -0.2) is 30.1 Å². The molecule has 0 aliphatic rings. The molecule has 242 valence electrons. The van der Waals surface area contributed by atoms with Gasteiger partial charge in [0.2, 0.25) is 5.91 Å². The number of rotatable bonds is 13. The lowest BCUT2D eigenvalue weighted by Gasteiger charge is -2.14. The van der Waals surface area contributed by atoms with Crippen molar-refractivity contribution in [2.75, 3.05) is 17.7 Å². The number of hydrogen-bond donors (Lipinski definition) is 3. The zero-order valence-corrected chi connectivity index (χ0v) is 27.3. The first-order valence-corrected chi connectivity index (χ1v) is 16.1. The van der Waals surface area contributed by atoms with E-state index in [9.17, 15) is 14.4 Å². The highest BCUT2D eigenvalue weighted by Gasteiger charge is 2.17. The summed E-state index contributed by atoms with van der Waals surface area (Å²) in [5.41, 5.74) is 3.41. The van der Waals surface area contributed by atoms with Crippen LogP contribution in [0.3, 0.4) is 0 Å². The Labute approximate surface area is 284 Å². The Morgan fingerprint density at radius 2 is 1.40 bits per heavy atom. The van der Waals surface area contributed by atoms with Gasteiger partial charge in [0, 0.05) is 21.8 Å². The van der Waals surface area contributed by atoms with Crippen LogP contribution in [0.4, 0.5) is 11.4 Å². The van der Waals surface area contributed by atoms with Crippen molar-refractivity contribution in [3.8, 4) is 11.5 Å². The summed E-state index contributed by atoms with van der Waals surface area (Å²) in [5.74, 6) is 0.299. The van der Waals surface area contributed by atoms with Gasteiger partial charge in [0.25, 0.3) is 11.8 Å². The smallest absolute Gasteiger partial charge is 0.272 e.